The first-order valence-electron chi connectivity index (χ1n) is 6.98. The van der Waals surface area contributed by atoms with Crippen LogP contribution in [-0.4, -0.2) is 10.9 Å². The predicted octanol–water partition coefficient (Wildman–Crippen LogP) is 3.99. The molecule has 0 aliphatic heterocycles. The highest BCUT2D eigenvalue weighted by molar-refractivity contribution is 9.10. The van der Waals surface area contributed by atoms with E-state index >= 15 is 0 Å². The van der Waals surface area contributed by atoms with Crippen molar-refractivity contribution in [3.05, 3.63) is 28.2 Å². The zero-order valence-corrected chi connectivity index (χ0v) is 13.7. The third-order valence-corrected chi connectivity index (χ3v) is 4.44. The average Bonchev–Trinajstić information content (AvgIpc) is 2.69. The topological polar surface area (TPSA) is 55.1 Å². The summed E-state index contributed by atoms with van der Waals surface area (Å²) in [6.45, 7) is 0. The summed E-state index contributed by atoms with van der Waals surface area (Å²) in [5.41, 5.74) is 7.13. The average molecular weight is 355 g/mol. The van der Waals surface area contributed by atoms with Gasteiger partial charge in [0, 0.05) is 16.0 Å². The molecule has 3 N–H and O–H groups in total. The van der Waals surface area contributed by atoms with E-state index in [2.05, 4.69) is 21.2 Å². The Morgan fingerprint density at radius 1 is 1.25 bits per heavy atom. The largest absolute Gasteiger partial charge is 0.389 e. The lowest BCUT2D eigenvalue weighted by molar-refractivity contribution is -0.120. The second-order valence-electron chi connectivity index (χ2n) is 5.23. The van der Waals surface area contributed by atoms with Crippen molar-refractivity contribution in [3.63, 3.8) is 0 Å². The summed E-state index contributed by atoms with van der Waals surface area (Å²) in [5, 5.41) is 2.99. The summed E-state index contributed by atoms with van der Waals surface area (Å²) in [6.07, 6.45) is 6.71. The lowest BCUT2D eigenvalue weighted by atomic mass is 9.99. The number of hydrogen-bond acceptors (Lipinski definition) is 2. The highest BCUT2D eigenvalue weighted by Gasteiger charge is 2.21. The van der Waals surface area contributed by atoms with Crippen LogP contribution >= 0.6 is 28.1 Å². The van der Waals surface area contributed by atoms with Crippen molar-refractivity contribution in [1.29, 1.82) is 0 Å². The van der Waals surface area contributed by atoms with Gasteiger partial charge in [-0.2, -0.15) is 0 Å². The molecule has 0 saturated heterocycles. The maximum absolute atomic E-state index is 12.4. The second-order valence-corrected chi connectivity index (χ2v) is 6.59. The Morgan fingerprint density at radius 3 is 2.50 bits per heavy atom. The standard InChI is InChI=1S/C15H19BrN2OS/c16-11-7-8-13(12(9-11)14(17)20)18-15(19)10-5-3-1-2-4-6-10/h7-10H,1-6H2,(H2,17,20)(H,18,19). The molecule has 1 aliphatic carbocycles. The van der Waals surface area contributed by atoms with Gasteiger partial charge in [0.25, 0.3) is 0 Å². The van der Waals surface area contributed by atoms with Crippen LogP contribution in [0.5, 0.6) is 0 Å². The fourth-order valence-electron chi connectivity index (χ4n) is 2.61. The van der Waals surface area contributed by atoms with Gasteiger partial charge in [0.2, 0.25) is 5.91 Å². The number of anilines is 1. The summed E-state index contributed by atoms with van der Waals surface area (Å²) in [6, 6.07) is 5.56. The highest BCUT2D eigenvalue weighted by atomic mass is 79.9. The molecule has 20 heavy (non-hydrogen) atoms. The Bertz CT molecular complexity index is 511. The summed E-state index contributed by atoms with van der Waals surface area (Å²) >= 11 is 8.44. The summed E-state index contributed by atoms with van der Waals surface area (Å²) < 4.78 is 0.896. The van der Waals surface area contributed by atoms with Gasteiger partial charge in [-0.05, 0) is 31.0 Å². The quantitative estimate of drug-likeness (QED) is 0.637. The smallest absolute Gasteiger partial charge is 0.227 e. The molecule has 1 aromatic carbocycles. The molecule has 1 amide bonds. The van der Waals surface area contributed by atoms with E-state index in [-0.39, 0.29) is 11.8 Å². The van der Waals surface area contributed by atoms with Crippen LogP contribution in [0.3, 0.4) is 0 Å². The molecule has 0 bridgehead atoms. The molecule has 2 rings (SSSR count). The number of carbonyl (C=O) groups excluding carboxylic acids is 1. The van der Waals surface area contributed by atoms with E-state index in [1.54, 1.807) is 0 Å². The van der Waals surface area contributed by atoms with E-state index in [1.807, 2.05) is 18.2 Å². The van der Waals surface area contributed by atoms with Gasteiger partial charge in [0.05, 0.1) is 5.69 Å². The van der Waals surface area contributed by atoms with Crippen molar-refractivity contribution in [2.75, 3.05) is 5.32 Å². The van der Waals surface area contributed by atoms with Gasteiger partial charge < -0.3 is 11.1 Å². The van der Waals surface area contributed by atoms with Crippen molar-refractivity contribution in [3.8, 4) is 0 Å². The van der Waals surface area contributed by atoms with E-state index in [9.17, 15) is 4.79 Å². The molecular weight excluding hydrogens is 336 g/mol. The van der Waals surface area contributed by atoms with E-state index in [1.165, 1.54) is 12.8 Å². The molecular formula is C15H19BrN2OS. The fourth-order valence-corrected chi connectivity index (χ4v) is 3.14. The van der Waals surface area contributed by atoms with Crippen LogP contribution < -0.4 is 11.1 Å². The number of thiocarbonyl (C=S) groups is 1. The maximum atomic E-state index is 12.4. The second kappa shape index (κ2) is 7.18. The van der Waals surface area contributed by atoms with E-state index in [4.69, 9.17) is 18.0 Å². The lowest BCUT2D eigenvalue weighted by Crippen LogP contribution is -2.24. The molecule has 1 aliphatic rings. The molecule has 1 saturated carbocycles. The molecule has 0 atom stereocenters. The van der Waals surface area contributed by atoms with Crippen molar-refractivity contribution < 1.29 is 4.79 Å². The molecule has 0 aromatic heterocycles. The molecule has 3 nitrogen and oxygen atoms in total. The third-order valence-electron chi connectivity index (χ3n) is 3.73. The minimum Gasteiger partial charge on any atom is -0.389 e. The molecule has 0 heterocycles. The zero-order valence-electron chi connectivity index (χ0n) is 11.3. The van der Waals surface area contributed by atoms with Crippen LogP contribution in [0.2, 0.25) is 0 Å². The third kappa shape index (κ3) is 4.03. The van der Waals surface area contributed by atoms with Crippen LogP contribution in [0.4, 0.5) is 5.69 Å². The molecule has 0 spiro atoms. The van der Waals surface area contributed by atoms with Crippen LogP contribution in [0.25, 0.3) is 0 Å². The van der Waals surface area contributed by atoms with Crippen LogP contribution in [0.15, 0.2) is 22.7 Å². The first kappa shape index (κ1) is 15.4. The van der Waals surface area contributed by atoms with E-state index in [0.29, 0.717) is 16.2 Å². The Morgan fingerprint density at radius 2 is 1.90 bits per heavy atom. The van der Waals surface area contributed by atoms with Gasteiger partial charge in [-0.3, -0.25) is 4.79 Å². The molecule has 0 radical (unpaired) electrons. The van der Waals surface area contributed by atoms with Crippen molar-refractivity contribution in [2.45, 2.75) is 38.5 Å². The monoisotopic (exact) mass is 354 g/mol. The highest BCUT2D eigenvalue weighted by Crippen LogP contribution is 2.26. The number of hydrogen-bond donors (Lipinski definition) is 2. The van der Waals surface area contributed by atoms with Crippen molar-refractivity contribution in [2.24, 2.45) is 11.7 Å². The Hall–Kier alpha value is -0.940. The Balaban J connectivity index is 2.12. The predicted molar refractivity (Wildman–Crippen MR) is 89.9 cm³/mol. The minimum absolute atomic E-state index is 0.0896. The summed E-state index contributed by atoms with van der Waals surface area (Å²) in [7, 11) is 0. The van der Waals surface area contributed by atoms with Gasteiger partial charge in [0.1, 0.15) is 4.99 Å². The van der Waals surface area contributed by atoms with Gasteiger partial charge >= 0.3 is 0 Å². The van der Waals surface area contributed by atoms with Gasteiger partial charge in [-0.15, -0.1) is 0 Å². The summed E-state index contributed by atoms with van der Waals surface area (Å²) in [4.78, 5) is 12.7. The Kier molecular flexibility index (Phi) is 5.54. The van der Waals surface area contributed by atoms with Crippen LogP contribution in [-0.2, 0) is 4.79 Å². The lowest BCUT2D eigenvalue weighted by Gasteiger charge is -2.16. The van der Waals surface area contributed by atoms with Crippen molar-refractivity contribution in [1.82, 2.24) is 0 Å². The number of halogens is 1. The number of nitrogens with two attached hydrogens (primary N) is 1. The fraction of sp³-hybridized carbons (Fsp3) is 0.467. The maximum Gasteiger partial charge on any atom is 0.227 e. The first-order chi connectivity index (χ1) is 9.58. The zero-order chi connectivity index (χ0) is 14.5. The van der Waals surface area contributed by atoms with Gasteiger partial charge in [-0.25, -0.2) is 0 Å². The molecule has 0 unspecified atom stereocenters. The van der Waals surface area contributed by atoms with Gasteiger partial charge in [0.15, 0.2) is 0 Å². The normalized spacial score (nSPS) is 16.4. The molecule has 108 valence electrons. The minimum atomic E-state index is 0.0896. The van der Waals surface area contributed by atoms with Crippen molar-refractivity contribution >= 4 is 44.7 Å². The van der Waals surface area contributed by atoms with Crippen LogP contribution in [0.1, 0.15) is 44.1 Å². The van der Waals surface area contributed by atoms with E-state index in [0.717, 1.165) is 30.2 Å². The van der Waals surface area contributed by atoms with Crippen LogP contribution in [0, 0.1) is 5.92 Å². The number of benzene rings is 1. The Labute approximate surface area is 133 Å². The number of nitrogens with one attached hydrogen (secondary N) is 1. The van der Waals surface area contributed by atoms with Gasteiger partial charge in [-0.1, -0.05) is 53.8 Å². The summed E-state index contributed by atoms with van der Waals surface area (Å²) in [5.74, 6) is 0.201. The molecule has 5 heteroatoms. The van der Waals surface area contributed by atoms with E-state index < -0.39 is 0 Å². The first-order valence-corrected chi connectivity index (χ1v) is 8.18. The molecule has 1 aromatic rings. The molecule has 1 fully saturated rings. The number of carbonyl (C=O) groups is 1. The number of amides is 1. The number of rotatable bonds is 3. The SMILES string of the molecule is NC(=S)c1cc(Br)ccc1NC(=O)C1CCCCCC1.